The van der Waals surface area contributed by atoms with Crippen LogP contribution in [0.25, 0.3) is 0 Å². The number of sulfonamides is 1. The molecule has 18 heavy (non-hydrogen) atoms. The van der Waals surface area contributed by atoms with Crippen LogP contribution in [0.5, 0.6) is 0 Å². The number of nitrogens with one attached hydrogen (secondary N) is 1. The largest absolute Gasteiger partial charge is 0.271 e. The Bertz CT molecular complexity index is 616. The van der Waals surface area contributed by atoms with E-state index < -0.39 is 10.0 Å². The van der Waals surface area contributed by atoms with E-state index in [4.69, 9.17) is 0 Å². The molecule has 0 bridgehead atoms. The number of hydrogen-bond acceptors (Lipinski definition) is 5. The minimum atomic E-state index is -3.51. The monoisotopic (exact) mass is 286 g/mol. The summed E-state index contributed by atoms with van der Waals surface area (Å²) in [7, 11) is -3.51. The summed E-state index contributed by atoms with van der Waals surface area (Å²) in [5, 5.41) is 4.13. The lowest BCUT2D eigenvalue weighted by molar-refractivity contribution is 0.581. The summed E-state index contributed by atoms with van der Waals surface area (Å²) >= 11 is 1.27. The Hall–Kier alpha value is -1.25. The van der Waals surface area contributed by atoms with Crippen LogP contribution in [0.1, 0.15) is 17.5 Å². The van der Waals surface area contributed by atoms with Gasteiger partial charge in [0.15, 0.2) is 0 Å². The fourth-order valence-corrected chi connectivity index (χ4v) is 3.30. The van der Waals surface area contributed by atoms with Gasteiger partial charge >= 0.3 is 0 Å². The Labute approximate surface area is 110 Å². The third-order valence-electron chi connectivity index (χ3n) is 2.44. The summed E-state index contributed by atoms with van der Waals surface area (Å²) in [6.45, 7) is 4.50. The second-order valence-corrected chi connectivity index (χ2v) is 6.39. The van der Waals surface area contributed by atoms with Gasteiger partial charge in [-0.15, -0.1) is 0 Å². The zero-order valence-corrected chi connectivity index (χ0v) is 11.8. The van der Waals surface area contributed by atoms with Crippen molar-refractivity contribution in [1.29, 1.82) is 0 Å². The normalized spacial score (nSPS) is 11.9. The van der Waals surface area contributed by atoms with Crippen LogP contribution >= 0.6 is 11.5 Å². The van der Waals surface area contributed by atoms with E-state index in [-0.39, 0.29) is 11.4 Å². The zero-order chi connectivity index (χ0) is 13.2. The van der Waals surface area contributed by atoms with Crippen LogP contribution in [-0.4, -0.2) is 22.6 Å². The Morgan fingerprint density at radius 2 is 2.28 bits per heavy atom. The summed E-state index contributed by atoms with van der Waals surface area (Å²) in [6, 6.07) is 1.79. The van der Waals surface area contributed by atoms with Gasteiger partial charge in [-0.05, 0) is 31.4 Å². The molecule has 0 aliphatic carbocycles. The molecule has 0 spiro atoms. The van der Waals surface area contributed by atoms with Crippen LogP contribution in [0, 0.1) is 6.92 Å². The Morgan fingerprint density at radius 3 is 2.83 bits per heavy atom. The van der Waals surface area contributed by atoms with Crippen molar-refractivity contribution in [2.24, 2.45) is 0 Å². The average Bonchev–Trinajstić information content (AvgIpc) is 2.95. The fourth-order valence-electron chi connectivity index (χ4n) is 1.50. The molecule has 2 rings (SSSR count). The molecule has 1 N–H and O–H groups in total. The SMILES string of the molecule is CCn1cc(S(=O)(=O)NCc2ccns2)c(C)n1. The lowest BCUT2D eigenvalue weighted by atomic mass is 10.5. The Morgan fingerprint density at radius 1 is 1.50 bits per heavy atom. The fraction of sp³-hybridized carbons (Fsp3) is 0.400. The number of aromatic nitrogens is 3. The Balaban J connectivity index is 2.17. The molecule has 0 fully saturated rings. The predicted octanol–water partition coefficient (Wildman–Crippen LogP) is 1.15. The smallest absolute Gasteiger partial charge is 0.244 e. The molecule has 8 heteroatoms. The van der Waals surface area contributed by atoms with E-state index >= 15 is 0 Å². The minimum absolute atomic E-state index is 0.230. The van der Waals surface area contributed by atoms with Gasteiger partial charge < -0.3 is 0 Å². The van der Waals surface area contributed by atoms with Crippen LogP contribution in [0.3, 0.4) is 0 Å². The molecule has 98 valence electrons. The third-order valence-corrected chi connectivity index (χ3v) is 4.69. The Kier molecular flexibility index (Phi) is 3.79. The molecule has 0 aliphatic rings. The maximum Gasteiger partial charge on any atom is 0.244 e. The van der Waals surface area contributed by atoms with E-state index in [1.54, 1.807) is 30.1 Å². The molecule has 0 aliphatic heterocycles. The van der Waals surface area contributed by atoms with E-state index in [9.17, 15) is 8.42 Å². The van der Waals surface area contributed by atoms with E-state index in [0.29, 0.717) is 12.2 Å². The van der Waals surface area contributed by atoms with Gasteiger partial charge in [0.05, 0.1) is 5.69 Å². The zero-order valence-electron chi connectivity index (χ0n) is 10.1. The van der Waals surface area contributed by atoms with E-state index in [1.807, 2.05) is 6.92 Å². The van der Waals surface area contributed by atoms with Gasteiger partial charge in [-0.2, -0.15) is 5.10 Å². The maximum absolute atomic E-state index is 12.1. The molecule has 0 amide bonds. The van der Waals surface area contributed by atoms with Crippen molar-refractivity contribution in [1.82, 2.24) is 18.9 Å². The highest BCUT2D eigenvalue weighted by Crippen LogP contribution is 2.14. The first kappa shape index (κ1) is 13.2. The molecule has 0 unspecified atom stereocenters. The topological polar surface area (TPSA) is 76.9 Å². The highest BCUT2D eigenvalue weighted by Gasteiger charge is 2.19. The lowest BCUT2D eigenvalue weighted by Gasteiger charge is -2.03. The minimum Gasteiger partial charge on any atom is -0.271 e. The van der Waals surface area contributed by atoms with E-state index in [1.165, 1.54) is 11.5 Å². The maximum atomic E-state index is 12.1. The van der Waals surface area contributed by atoms with Crippen LogP contribution in [-0.2, 0) is 23.1 Å². The van der Waals surface area contributed by atoms with Gasteiger partial charge in [0, 0.05) is 30.4 Å². The first-order valence-electron chi connectivity index (χ1n) is 5.46. The van der Waals surface area contributed by atoms with Gasteiger partial charge in [-0.1, -0.05) is 0 Å². The summed E-state index contributed by atoms with van der Waals surface area (Å²) in [6.07, 6.45) is 3.19. The van der Waals surface area contributed by atoms with E-state index in [0.717, 1.165) is 4.88 Å². The molecule has 2 aromatic heterocycles. The molecule has 0 saturated carbocycles. The van der Waals surface area contributed by atoms with Crippen LogP contribution in [0.2, 0.25) is 0 Å². The molecule has 2 heterocycles. The molecule has 6 nitrogen and oxygen atoms in total. The third kappa shape index (κ3) is 2.77. The quantitative estimate of drug-likeness (QED) is 0.894. The second-order valence-electron chi connectivity index (χ2n) is 3.74. The van der Waals surface area contributed by atoms with Crippen LogP contribution in [0.4, 0.5) is 0 Å². The number of hydrogen-bond donors (Lipinski definition) is 1. The van der Waals surface area contributed by atoms with Gasteiger partial charge in [-0.25, -0.2) is 17.5 Å². The first-order chi connectivity index (χ1) is 8.53. The summed E-state index contributed by atoms with van der Waals surface area (Å²) in [4.78, 5) is 1.10. The molecular formula is C10H14N4O2S2. The van der Waals surface area contributed by atoms with Crippen molar-refractivity contribution in [3.8, 4) is 0 Å². The molecule has 2 aromatic rings. The predicted molar refractivity (Wildman–Crippen MR) is 68.8 cm³/mol. The summed E-state index contributed by atoms with van der Waals surface area (Å²) in [5.41, 5.74) is 0.508. The molecule has 0 atom stereocenters. The van der Waals surface area contributed by atoms with Gasteiger partial charge in [0.1, 0.15) is 4.90 Å². The summed E-state index contributed by atoms with van der Waals surface area (Å²) < 4.78 is 32.3. The van der Waals surface area contributed by atoms with Crippen molar-refractivity contribution in [3.63, 3.8) is 0 Å². The van der Waals surface area contributed by atoms with Gasteiger partial charge in [-0.3, -0.25) is 4.68 Å². The van der Waals surface area contributed by atoms with Crippen molar-refractivity contribution < 1.29 is 8.42 Å². The first-order valence-corrected chi connectivity index (χ1v) is 7.72. The molecule has 0 saturated heterocycles. The van der Waals surface area contributed by atoms with Gasteiger partial charge in [0.25, 0.3) is 0 Å². The van der Waals surface area contributed by atoms with Crippen LogP contribution < -0.4 is 4.72 Å². The van der Waals surface area contributed by atoms with Crippen molar-refractivity contribution in [3.05, 3.63) is 29.0 Å². The summed E-state index contributed by atoms with van der Waals surface area (Å²) in [5.74, 6) is 0. The van der Waals surface area contributed by atoms with Crippen LogP contribution in [0.15, 0.2) is 23.4 Å². The highest BCUT2D eigenvalue weighted by molar-refractivity contribution is 7.89. The average molecular weight is 286 g/mol. The molecule has 0 aromatic carbocycles. The molecule has 0 radical (unpaired) electrons. The number of aryl methyl sites for hydroxylation is 2. The second kappa shape index (κ2) is 5.17. The highest BCUT2D eigenvalue weighted by atomic mass is 32.2. The van der Waals surface area contributed by atoms with Crippen molar-refractivity contribution in [2.45, 2.75) is 31.8 Å². The van der Waals surface area contributed by atoms with Gasteiger partial charge in [0.2, 0.25) is 10.0 Å². The molecular weight excluding hydrogens is 272 g/mol. The van der Waals surface area contributed by atoms with Crippen molar-refractivity contribution >= 4 is 21.6 Å². The lowest BCUT2D eigenvalue weighted by Crippen LogP contribution is -2.23. The number of nitrogens with zero attached hydrogens (tertiary/aromatic N) is 3. The van der Waals surface area contributed by atoms with E-state index in [2.05, 4.69) is 14.2 Å². The number of rotatable bonds is 5. The standard InChI is InChI=1S/C10H14N4O2S2/c1-3-14-7-10(8(2)13-14)18(15,16)12-6-9-4-5-11-17-9/h4-5,7,12H,3,6H2,1-2H3. The van der Waals surface area contributed by atoms with Crippen molar-refractivity contribution in [2.75, 3.05) is 0 Å².